The molecule has 1 heterocycles. The van der Waals surface area contributed by atoms with Crippen molar-refractivity contribution < 1.29 is 9.53 Å². The summed E-state index contributed by atoms with van der Waals surface area (Å²) in [5.74, 6) is -0.320. The average Bonchev–Trinajstić information content (AvgIpc) is 2.47. The summed E-state index contributed by atoms with van der Waals surface area (Å²) >= 11 is 5.64. The molecule has 1 aromatic carbocycles. The van der Waals surface area contributed by atoms with Gasteiger partial charge in [-0.15, -0.1) is 0 Å². The zero-order valence-electron chi connectivity index (χ0n) is 11.0. The molecular weight excluding hydrogens is 278 g/mol. The number of nitrogens with zero attached hydrogens (tertiary/aromatic N) is 2. The molecule has 1 aromatic heterocycles. The maximum atomic E-state index is 12.1. The van der Waals surface area contributed by atoms with Gasteiger partial charge in [0.1, 0.15) is 10.8 Å². The van der Waals surface area contributed by atoms with Gasteiger partial charge in [-0.1, -0.05) is 29.8 Å². The molecule has 0 bridgehead atoms. The van der Waals surface area contributed by atoms with E-state index in [0.717, 1.165) is 17.7 Å². The van der Waals surface area contributed by atoms with Crippen molar-refractivity contribution in [3.63, 3.8) is 0 Å². The zero-order chi connectivity index (χ0) is 14.4. The highest BCUT2D eigenvalue weighted by atomic mass is 35.5. The van der Waals surface area contributed by atoms with Crippen molar-refractivity contribution in [2.45, 2.75) is 6.42 Å². The zero-order valence-corrected chi connectivity index (χ0v) is 11.7. The van der Waals surface area contributed by atoms with Crippen molar-refractivity contribution in [3.05, 3.63) is 53.1 Å². The molecular formula is C14H14ClN3O2. The first-order chi connectivity index (χ1) is 9.70. The lowest BCUT2D eigenvalue weighted by Crippen LogP contribution is -2.15. The molecule has 0 aliphatic rings. The van der Waals surface area contributed by atoms with E-state index in [1.807, 2.05) is 24.3 Å². The number of methoxy groups -OCH3 is 1. The van der Waals surface area contributed by atoms with E-state index in [1.54, 1.807) is 7.11 Å². The minimum Gasteiger partial charge on any atom is -0.384 e. The number of rotatable bonds is 5. The van der Waals surface area contributed by atoms with Gasteiger partial charge in [0.05, 0.1) is 19.0 Å². The Morgan fingerprint density at radius 2 is 2.10 bits per heavy atom. The van der Waals surface area contributed by atoms with E-state index in [9.17, 15) is 4.79 Å². The third-order valence-electron chi connectivity index (χ3n) is 2.69. The van der Waals surface area contributed by atoms with Gasteiger partial charge in [0.2, 0.25) is 0 Å². The number of para-hydroxylation sites is 1. The number of benzene rings is 1. The third kappa shape index (κ3) is 3.76. The van der Waals surface area contributed by atoms with Gasteiger partial charge in [-0.25, -0.2) is 9.97 Å². The Kier molecular flexibility index (Phi) is 5.03. The largest absolute Gasteiger partial charge is 0.384 e. The van der Waals surface area contributed by atoms with Gasteiger partial charge in [0.25, 0.3) is 5.91 Å². The summed E-state index contributed by atoms with van der Waals surface area (Å²) in [6.07, 6.45) is 3.40. The van der Waals surface area contributed by atoms with Crippen LogP contribution in [0.15, 0.2) is 36.7 Å². The van der Waals surface area contributed by atoms with E-state index >= 15 is 0 Å². The molecule has 2 rings (SSSR count). The van der Waals surface area contributed by atoms with E-state index in [1.165, 1.54) is 12.4 Å². The number of aromatic nitrogens is 2. The highest BCUT2D eigenvalue weighted by Gasteiger charge is 2.10. The molecule has 0 spiro atoms. The van der Waals surface area contributed by atoms with Gasteiger partial charge < -0.3 is 10.1 Å². The number of amides is 1. The molecule has 0 saturated carbocycles. The first-order valence-corrected chi connectivity index (χ1v) is 6.44. The Bertz CT molecular complexity index is 587. The molecule has 0 atom stereocenters. The van der Waals surface area contributed by atoms with Crippen molar-refractivity contribution in [1.29, 1.82) is 0 Å². The number of halogens is 1. The van der Waals surface area contributed by atoms with Gasteiger partial charge >= 0.3 is 0 Å². The normalized spacial score (nSPS) is 10.3. The van der Waals surface area contributed by atoms with E-state index < -0.39 is 0 Å². The van der Waals surface area contributed by atoms with Gasteiger partial charge in [-0.3, -0.25) is 4.79 Å². The number of nitrogens with one attached hydrogen (secondary N) is 1. The van der Waals surface area contributed by atoms with E-state index in [4.69, 9.17) is 16.3 Å². The van der Waals surface area contributed by atoms with Crippen LogP contribution >= 0.6 is 11.6 Å². The Balaban J connectivity index is 2.13. The Morgan fingerprint density at radius 1 is 1.30 bits per heavy atom. The Labute approximate surface area is 122 Å². The van der Waals surface area contributed by atoms with Crippen molar-refractivity contribution in [2.75, 3.05) is 19.0 Å². The van der Waals surface area contributed by atoms with Crippen LogP contribution < -0.4 is 5.32 Å². The van der Waals surface area contributed by atoms with Crippen LogP contribution in [0.1, 0.15) is 16.1 Å². The van der Waals surface area contributed by atoms with Crippen molar-refractivity contribution >= 4 is 23.2 Å². The second kappa shape index (κ2) is 6.98. The molecule has 0 unspecified atom stereocenters. The van der Waals surface area contributed by atoms with Crippen molar-refractivity contribution in [1.82, 2.24) is 9.97 Å². The van der Waals surface area contributed by atoms with Crippen LogP contribution in [-0.4, -0.2) is 29.6 Å². The molecule has 0 saturated heterocycles. The fraction of sp³-hybridized carbons (Fsp3) is 0.214. The number of ether oxygens (including phenoxy) is 1. The number of anilines is 1. The predicted octanol–water partition coefficient (Wildman–Crippen LogP) is 2.57. The van der Waals surface area contributed by atoms with Crippen LogP contribution in [0, 0.1) is 0 Å². The highest BCUT2D eigenvalue weighted by Crippen LogP contribution is 2.16. The van der Waals surface area contributed by atoms with Crippen LogP contribution in [0.25, 0.3) is 0 Å². The van der Waals surface area contributed by atoms with Crippen LogP contribution in [0.4, 0.5) is 5.69 Å². The van der Waals surface area contributed by atoms with E-state index in [2.05, 4.69) is 15.3 Å². The third-order valence-corrected chi connectivity index (χ3v) is 2.89. The summed E-state index contributed by atoms with van der Waals surface area (Å²) < 4.78 is 5.05. The van der Waals surface area contributed by atoms with E-state index in [-0.39, 0.29) is 16.8 Å². The van der Waals surface area contributed by atoms with Gasteiger partial charge in [0, 0.05) is 12.8 Å². The molecule has 104 valence electrons. The average molecular weight is 292 g/mol. The molecule has 20 heavy (non-hydrogen) atoms. The second-order valence-corrected chi connectivity index (χ2v) is 4.47. The van der Waals surface area contributed by atoms with Gasteiger partial charge in [-0.2, -0.15) is 0 Å². The van der Waals surface area contributed by atoms with E-state index in [0.29, 0.717) is 6.61 Å². The smallest absolute Gasteiger partial charge is 0.275 e. The van der Waals surface area contributed by atoms with Crippen LogP contribution in [0.2, 0.25) is 5.15 Å². The first-order valence-electron chi connectivity index (χ1n) is 6.06. The number of carbonyl (C=O) groups is 1. The van der Waals surface area contributed by atoms with Crippen LogP contribution in [0.5, 0.6) is 0 Å². The first kappa shape index (κ1) is 14.4. The maximum absolute atomic E-state index is 12.1. The molecule has 5 nitrogen and oxygen atoms in total. The standard InChI is InChI=1S/C14H14ClN3O2/c1-20-7-6-10-4-2-3-5-11(10)18-14(19)12-8-17-13(15)9-16-12/h2-5,8-9H,6-7H2,1H3,(H,18,19). The number of carbonyl (C=O) groups excluding carboxylic acids is 1. The predicted molar refractivity (Wildman–Crippen MR) is 77.0 cm³/mol. The number of hydrogen-bond donors (Lipinski definition) is 1. The molecule has 6 heteroatoms. The summed E-state index contributed by atoms with van der Waals surface area (Å²) in [4.78, 5) is 19.8. The molecule has 1 N–H and O–H groups in total. The lowest BCUT2D eigenvalue weighted by molar-refractivity contribution is 0.102. The minimum absolute atomic E-state index is 0.218. The highest BCUT2D eigenvalue weighted by molar-refractivity contribution is 6.29. The summed E-state index contributed by atoms with van der Waals surface area (Å²) in [5.41, 5.74) is 1.96. The fourth-order valence-electron chi connectivity index (χ4n) is 1.69. The van der Waals surface area contributed by atoms with Crippen molar-refractivity contribution in [2.24, 2.45) is 0 Å². The van der Waals surface area contributed by atoms with Crippen LogP contribution in [0.3, 0.4) is 0 Å². The quantitative estimate of drug-likeness (QED) is 0.919. The summed E-state index contributed by atoms with van der Waals surface area (Å²) in [6.45, 7) is 0.591. The molecule has 1 amide bonds. The lowest BCUT2D eigenvalue weighted by Gasteiger charge is -2.10. The second-order valence-electron chi connectivity index (χ2n) is 4.08. The SMILES string of the molecule is COCCc1ccccc1NC(=O)c1cnc(Cl)cn1. The Hall–Kier alpha value is -1.98. The minimum atomic E-state index is -0.320. The van der Waals surface area contributed by atoms with Gasteiger partial charge in [-0.05, 0) is 18.1 Å². The molecule has 0 fully saturated rings. The van der Waals surface area contributed by atoms with Crippen LogP contribution in [-0.2, 0) is 11.2 Å². The maximum Gasteiger partial charge on any atom is 0.275 e. The fourth-order valence-corrected chi connectivity index (χ4v) is 1.79. The summed E-state index contributed by atoms with van der Waals surface area (Å²) in [5, 5.41) is 3.07. The molecule has 0 radical (unpaired) electrons. The van der Waals surface area contributed by atoms with Crippen molar-refractivity contribution in [3.8, 4) is 0 Å². The van der Waals surface area contributed by atoms with Gasteiger partial charge in [0.15, 0.2) is 0 Å². The summed E-state index contributed by atoms with van der Waals surface area (Å²) in [7, 11) is 1.64. The number of hydrogen-bond acceptors (Lipinski definition) is 4. The Morgan fingerprint density at radius 3 is 2.80 bits per heavy atom. The monoisotopic (exact) mass is 291 g/mol. The lowest BCUT2D eigenvalue weighted by atomic mass is 10.1. The molecule has 0 aliphatic heterocycles. The topological polar surface area (TPSA) is 64.1 Å². The summed E-state index contributed by atoms with van der Waals surface area (Å²) in [6, 6.07) is 7.57. The molecule has 2 aromatic rings. The molecule has 0 aliphatic carbocycles.